The van der Waals surface area contributed by atoms with Gasteiger partial charge in [0.2, 0.25) is 5.91 Å². The molecule has 176 valence electrons. The van der Waals surface area contributed by atoms with Gasteiger partial charge in [0.05, 0.1) is 12.1 Å². The summed E-state index contributed by atoms with van der Waals surface area (Å²) in [5.74, 6) is 2.39. The second-order valence-electron chi connectivity index (χ2n) is 10.1. The van der Waals surface area contributed by atoms with Crippen molar-refractivity contribution in [1.29, 1.82) is 0 Å². The van der Waals surface area contributed by atoms with E-state index in [9.17, 15) is 9.59 Å². The lowest BCUT2D eigenvalue weighted by atomic mass is 9.68. The smallest absolute Gasteiger partial charge is 0.237 e. The number of hydrogen-bond donors (Lipinski definition) is 2. The van der Waals surface area contributed by atoms with Crippen molar-refractivity contribution in [2.75, 3.05) is 0 Å². The molecule has 1 unspecified atom stereocenters. The first kappa shape index (κ1) is 27.6. The van der Waals surface area contributed by atoms with Gasteiger partial charge in [0.15, 0.2) is 0 Å². The fourth-order valence-electron chi connectivity index (χ4n) is 4.95. The second kappa shape index (κ2) is 13.2. The maximum atomic E-state index is 13.2. The molecule has 1 amide bonds. The van der Waals surface area contributed by atoms with Crippen molar-refractivity contribution in [2.45, 2.75) is 85.2 Å². The van der Waals surface area contributed by atoms with Gasteiger partial charge in [-0.2, -0.15) is 0 Å². The molecule has 1 saturated carbocycles. The molecule has 2 rings (SSSR count). The quantitative estimate of drug-likeness (QED) is 0.480. The van der Waals surface area contributed by atoms with Crippen LogP contribution in [0.5, 0.6) is 0 Å². The normalized spacial score (nSPS) is 23.2. The predicted octanol–water partition coefficient (Wildman–Crippen LogP) is 5.70. The van der Waals surface area contributed by atoms with Crippen molar-refractivity contribution < 1.29 is 9.59 Å². The zero-order chi connectivity index (χ0) is 22.3. The molecule has 0 radical (unpaired) electrons. The van der Waals surface area contributed by atoms with Crippen LogP contribution < -0.4 is 11.1 Å². The standard InChI is InChI=1S/C26H42N2O2.ClH/c1-17(2)15-23(27)26(30)28-24(20-9-7-6-8-10-20)13-14-25(29)22-16-19(5)11-12-21(22)18(3)4;/h6-10,17-19,21-24H,11-16,27H2,1-5H3,(H,28,30);1H/t19-,21+,22-,23?,24-;/m1./s1. The highest BCUT2D eigenvalue weighted by Crippen LogP contribution is 2.39. The van der Waals surface area contributed by atoms with Crippen LogP contribution in [0, 0.1) is 29.6 Å². The van der Waals surface area contributed by atoms with Gasteiger partial charge >= 0.3 is 0 Å². The summed E-state index contributed by atoms with van der Waals surface area (Å²) < 4.78 is 0. The number of ketones is 1. The second-order valence-corrected chi connectivity index (χ2v) is 10.1. The van der Waals surface area contributed by atoms with E-state index in [1.54, 1.807) is 0 Å². The summed E-state index contributed by atoms with van der Waals surface area (Å²) in [5, 5.41) is 3.12. The number of amides is 1. The SMILES string of the molecule is CC(C)CC(N)C(=O)N[C@H](CCC(=O)[C@@H]1C[C@H](C)CC[C@H]1C(C)C)c1ccccc1.Cl. The lowest BCUT2D eigenvalue weighted by Crippen LogP contribution is -2.43. The summed E-state index contributed by atoms with van der Waals surface area (Å²) in [6, 6.07) is 9.25. The third-order valence-electron chi connectivity index (χ3n) is 6.70. The number of rotatable bonds is 10. The molecule has 31 heavy (non-hydrogen) atoms. The van der Waals surface area contributed by atoms with Crippen LogP contribution in [0.4, 0.5) is 0 Å². The topological polar surface area (TPSA) is 72.2 Å². The number of nitrogens with two attached hydrogens (primary N) is 1. The van der Waals surface area contributed by atoms with E-state index in [1.165, 1.54) is 6.42 Å². The van der Waals surface area contributed by atoms with Gasteiger partial charge in [-0.3, -0.25) is 9.59 Å². The number of Topliss-reactive ketones (excluding diaryl/α,β-unsaturated/α-hetero) is 1. The molecule has 5 heteroatoms. The summed E-state index contributed by atoms with van der Waals surface area (Å²) in [4.78, 5) is 25.9. The molecule has 0 aliphatic heterocycles. The Morgan fingerprint density at radius 1 is 1.10 bits per heavy atom. The minimum atomic E-state index is -0.517. The molecule has 3 N–H and O–H groups in total. The molecule has 0 aromatic heterocycles. The zero-order valence-corrected chi connectivity index (χ0v) is 20.8. The van der Waals surface area contributed by atoms with Gasteiger partial charge in [0.1, 0.15) is 5.78 Å². The Morgan fingerprint density at radius 3 is 2.32 bits per heavy atom. The van der Waals surface area contributed by atoms with Crippen LogP contribution in [0.15, 0.2) is 30.3 Å². The Balaban J connectivity index is 0.00000480. The summed E-state index contributed by atoms with van der Waals surface area (Å²) >= 11 is 0. The molecule has 4 nitrogen and oxygen atoms in total. The van der Waals surface area contributed by atoms with Crippen LogP contribution in [0.25, 0.3) is 0 Å². The molecule has 1 aliphatic rings. The predicted molar refractivity (Wildman–Crippen MR) is 131 cm³/mol. The maximum absolute atomic E-state index is 13.2. The minimum Gasteiger partial charge on any atom is -0.348 e. The van der Waals surface area contributed by atoms with E-state index in [4.69, 9.17) is 5.73 Å². The van der Waals surface area contributed by atoms with Crippen LogP contribution >= 0.6 is 12.4 Å². The highest BCUT2D eigenvalue weighted by atomic mass is 35.5. The van der Waals surface area contributed by atoms with E-state index in [1.807, 2.05) is 30.3 Å². The first-order valence-corrected chi connectivity index (χ1v) is 11.8. The highest BCUT2D eigenvalue weighted by molar-refractivity contribution is 5.85. The summed E-state index contributed by atoms with van der Waals surface area (Å²) in [6.07, 6.45) is 5.16. The van der Waals surface area contributed by atoms with Gasteiger partial charge in [-0.05, 0) is 54.9 Å². The van der Waals surface area contributed by atoms with Crippen LogP contribution in [0.1, 0.15) is 84.7 Å². The Kier molecular flexibility index (Phi) is 11.8. The lowest BCUT2D eigenvalue weighted by Gasteiger charge is -2.36. The zero-order valence-electron chi connectivity index (χ0n) is 20.0. The van der Waals surface area contributed by atoms with E-state index >= 15 is 0 Å². The Labute approximate surface area is 195 Å². The number of nitrogens with one attached hydrogen (secondary N) is 1. The van der Waals surface area contributed by atoms with E-state index in [-0.39, 0.29) is 30.3 Å². The van der Waals surface area contributed by atoms with Gasteiger partial charge in [-0.25, -0.2) is 0 Å². The molecule has 5 atom stereocenters. The van der Waals surface area contributed by atoms with Gasteiger partial charge < -0.3 is 11.1 Å². The number of carbonyl (C=O) groups is 2. The number of carbonyl (C=O) groups excluding carboxylic acids is 2. The first-order valence-electron chi connectivity index (χ1n) is 11.8. The molecule has 0 spiro atoms. The largest absolute Gasteiger partial charge is 0.348 e. The van der Waals surface area contributed by atoms with Crippen LogP contribution in [-0.2, 0) is 9.59 Å². The van der Waals surface area contributed by atoms with E-state index in [0.717, 1.165) is 18.4 Å². The molecule has 1 fully saturated rings. The fraction of sp³-hybridized carbons (Fsp3) is 0.692. The monoisotopic (exact) mass is 450 g/mol. The first-order chi connectivity index (χ1) is 14.2. The Bertz CT molecular complexity index is 677. The Morgan fingerprint density at radius 2 is 1.74 bits per heavy atom. The van der Waals surface area contributed by atoms with Crippen molar-refractivity contribution in [3.05, 3.63) is 35.9 Å². The van der Waals surface area contributed by atoms with Gasteiger partial charge in [0.25, 0.3) is 0 Å². The maximum Gasteiger partial charge on any atom is 0.237 e. The third-order valence-corrected chi connectivity index (χ3v) is 6.70. The molecule has 1 aliphatic carbocycles. The van der Waals surface area contributed by atoms with Gasteiger partial charge in [-0.15, -0.1) is 12.4 Å². The fourth-order valence-corrected chi connectivity index (χ4v) is 4.95. The number of hydrogen-bond acceptors (Lipinski definition) is 3. The summed E-state index contributed by atoms with van der Waals surface area (Å²) in [6.45, 7) is 10.9. The molecule has 0 heterocycles. The highest BCUT2D eigenvalue weighted by Gasteiger charge is 2.35. The van der Waals surface area contributed by atoms with Gasteiger partial charge in [0, 0.05) is 12.3 Å². The van der Waals surface area contributed by atoms with Crippen molar-refractivity contribution in [2.24, 2.45) is 35.3 Å². The number of benzene rings is 1. The molecule has 0 saturated heterocycles. The van der Waals surface area contributed by atoms with E-state index in [2.05, 4.69) is 39.9 Å². The molecular weight excluding hydrogens is 408 g/mol. The number of halogens is 1. The molecule has 0 bridgehead atoms. The van der Waals surface area contributed by atoms with Crippen molar-refractivity contribution in [3.63, 3.8) is 0 Å². The van der Waals surface area contributed by atoms with Crippen molar-refractivity contribution >= 4 is 24.1 Å². The van der Waals surface area contributed by atoms with Crippen LogP contribution in [-0.4, -0.2) is 17.7 Å². The average molecular weight is 451 g/mol. The van der Waals surface area contributed by atoms with Crippen molar-refractivity contribution in [3.8, 4) is 0 Å². The summed E-state index contributed by atoms with van der Waals surface area (Å²) in [7, 11) is 0. The van der Waals surface area contributed by atoms with Gasteiger partial charge in [-0.1, -0.05) is 71.4 Å². The third kappa shape index (κ3) is 8.57. The minimum absolute atomic E-state index is 0. The Hall–Kier alpha value is -1.39. The lowest BCUT2D eigenvalue weighted by molar-refractivity contribution is -0.128. The van der Waals surface area contributed by atoms with E-state index < -0.39 is 6.04 Å². The molecule has 1 aromatic rings. The van der Waals surface area contributed by atoms with E-state index in [0.29, 0.717) is 48.7 Å². The van der Waals surface area contributed by atoms with Crippen molar-refractivity contribution in [1.82, 2.24) is 5.32 Å². The average Bonchev–Trinajstić information content (AvgIpc) is 2.70. The molecular formula is C26H43ClN2O2. The molecule has 1 aromatic carbocycles. The summed E-state index contributed by atoms with van der Waals surface area (Å²) in [5.41, 5.74) is 7.14. The van der Waals surface area contributed by atoms with Crippen LogP contribution in [0.2, 0.25) is 0 Å². The van der Waals surface area contributed by atoms with Crippen LogP contribution in [0.3, 0.4) is 0 Å².